The number of hydrogen-bond donors (Lipinski definition) is 1. The Hall–Kier alpha value is -2.98. The van der Waals surface area contributed by atoms with Crippen molar-refractivity contribution in [2.75, 3.05) is 0 Å². The Kier molecular flexibility index (Phi) is 5.10. The van der Waals surface area contributed by atoms with E-state index >= 15 is 0 Å². The molecule has 1 aromatic heterocycles. The fourth-order valence-corrected chi connectivity index (χ4v) is 3.87. The van der Waals surface area contributed by atoms with E-state index < -0.39 is 22.8 Å². The number of nitro benzene ring substituents is 1. The topological polar surface area (TPSA) is 114 Å². The average Bonchev–Trinajstić information content (AvgIpc) is 3.19. The van der Waals surface area contributed by atoms with Crippen molar-refractivity contribution in [3.05, 3.63) is 57.2 Å². The standard InChI is InChI=1S/C17H12N2O6S2/c1-9(16(21)22)18-15(20)14(27-17(18)26)8-10-6-7-13(25-10)11-4-2-3-5-12(11)19(23)24/h2-9H,1H3,(H,21,22)/b14-8-. The van der Waals surface area contributed by atoms with Gasteiger partial charge in [-0.2, -0.15) is 0 Å². The van der Waals surface area contributed by atoms with E-state index in [-0.39, 0.29) is 20.7 Å². The van der Waals surface area contributed by atoms with E-state index in [4.69, 9.17) is 21.7 Å². The van der Waals surface area contributed by atoms with E-state index in [0.717, 1.165) is 16.7 Å². The summed E-state index contributed by atoms with van der Waals surface area (Å²) in [7, 11) is 0. The minimum Gasteiger partial charge on any atom is -0.480 e. The van der Waals surface area contributed by atoms with Crippen molar-refractivity contribution in [2.45, 2.75) is 13.0 Å². The number of thioether (sulfide) groups is 1. The molecule has 1 aliphatic heterocycles. The molecule has 1 N–H and O–H groups in total. The maximum atomic E-state index is 12.4. The van der Waals surface area contributed by atoms with Crippen LogP contribution in [-0.2, 0) is 9.59 Å². The molecule has 1 saturated heterocycles. The number of benzene rings is 1. The largest absolute Gasteiger partial charge is 0.480 e. The third-order valence-electron chi connectivity index (χ3n) is 3.83. The van der Waals surface area contributed by atoms with E-state index in [1.165, 1.54) is 19.1 Å². The Bertz CT molecular complexity index is 997. The Morgan fingerprint density at radius 2 is 2.07 bits per heavy atom. The number of carboxylic acid groups (broad SMARTS) is 1. The second-order valence-corrected chi connectivity index (χ2v) is 7.22. The van der Waals surface area contributed by atoms with Gasteiger partial charge in [-0.1, -0.05) is 36.1 Å². The normalized spacial score (nSPS) is 16.8. The van der Waals surface area contributed by atoms with Gasteiger partial charge in [0, 0.05) is 12.1 Å². The van der Waals surface area contributed by atoms with Gasteiger partial charge in [0.15, 0.2) is 0 Å². The first-order valence-electron chi connectivity index (χ1n) is 7.63. The van der Waals surface area contributed by atoms with Crippen LogP contribution >= 0.6 is 24.0 Å². The Morgan fingerprint density at radius 3 is 2.74 bits per heavy atom. The maximum absolute atomic E-state index is 12.4. The zero-order valence-corrected chi connectivity index (χ0v) is 15.5. The lowest BCUT2D eigenvalue weighted by Crippen LogP contribution is -2.41. The molecule has 1 aromatic carbocycles. The van der Waals surface area contributed by atoms with Crippen molar-refractivity contribution >= 4 is 51.9 Å². The van der Waals surface area contributed by atoms with Gasteiger partial charge < -0.3 is 9.52 Å². The van der Waals surface area contributed by atoms with Gasteiger partial charge in [0.25, 0.3) is 11.6 Å². The lowest BCUT2D eigenvalue weighted by molar-refractivity contribution is -0.384. The highest BCUT2D eigenvalue weighted by atomic mass is 32.2. The van der Waals surface area contributed by atoms with E-state index in [1.54, 1.807) is 30.3 Å². The Balaban J connectivity index is 1.90. The first-order chi connectivity index (χ1) is 12.8. The summed E-state index contributed by atoms with van der Waals surface area (Å²) in [6.07, 6.45) is 1.44. The molecule has 1 unspecified atom stereocenters. The van der Waals surface area contributed by atoms with Gasteiger partial charge in [0.05, 0.1) is 15.4 Å². The molecule has 0 spiro atoms. The predicted molar refractivity (Wildman–Crippen MR) is 103 cm³/mol. The maximum Gasteiger partial charge on any atom is 0.326 e. The summed E-state index contributed by atoms with van der Waals surface area (Å²) >= 11 is 6.07. The fourth-order valence-electron chi connectivity index (χ4n) is 2.47. The van der Waals surface area contributed by atoms with Crippen LogP contribution in [0.1, 0.15) is 12.7 Å². The Morgan fingerprint density at radius 1 is 1.37 bits per heavy atom. The predicted octanol–water partition coefficient (Wildman–Crippen LogP) is 3.53. The van der Waals surface area contributed by atoms with Crippen molar-refractivity contribution in [1.29, 1.82) is 0 Å². The molecule has 138 valence electrons. The number of carbonyl (C=O) groups is 2. The fraction of sp³-hybridized carbons (Fsp3) is 0.118. The summed E-state index contributed by atoms with van der Waals surface area (Å²) in [4.78, 5) is 35.5. The molecule has 0 saturated carbocycles. The zero-order chi connectivity index (χ0) is 19.7. The number of aliphatic carboxylic acids is 1. The van der Waals surface area contributed by atoms with Gasteiger partial charge in [-0.15, -0.1) is 0 Å². The van der Waals surface area contributed by atoms with Crippen LogP contribution in [0.5, 0.6) is 0 Å². The van der Waals surface area contributed by atoms with E-state index in [1.807, 2.05) is 0 Å². The second kappa shape index (κ2) is 7.33. The summed E-state index contributed by atoms with van der Waals surface area (Å²) in [5, 5.41) is 20.2. The van der Waals surface area contributed by atoms with Crippen molar-refractivity contribution in [1.82, 2.24) is 4.90 Å². The molecule has 3 rings (SSSR count). The van der Waals surface area contributed by atoms with E-state index in [2.05, 4.69) is 0 Å². The molecule has 8 nitrogen and oxygen atoms in total. The molecule has 1 fully saturated rings. The van der Waals surface area contributed by atoms with Gasteiger partial charge in [0.2, 0.25) is 0 Å². The number of carbonyl (C=O) groups excluding carboxylic acids is 1. The molecule has 0 radical (unpaired) electrons. The molecule has 27 heavy (non-hydrogen) atoms. The summed E-state index contributed by atoms with van der Waals surface area (Å²) in [6.45, 7) is 1.37. The summed E-state index contributed by atoms with van der Waals surface area (Å²) in [6, 6.07) is 8.20. The Labute approximate surface area is 162 Å². The molecule has 1 amide bonds. The third kappa shape index (κ3) is 3.62. The summed E-state index contributed by atoms with van der Waals surface area (Å²) in [5.41, 5.74) is 0.217. The van der Waals surface area contributed by atoms with Crippen LogP contribution in [0.2, 0.25) is 0 Å². The molecule has 0 aliphatic carbocycles. The SMILES string of the molecule is CC(C(=O)O)N1C(=O)/C(=C/c2ccc(-c3ccccc3[N+](=O)[O-])o2)SC1=S. The van der Waals surface area contributed by atoms with Gasteiger partial charge in [-0.25, -0.2) is 4.79 Å². The van der Waals surface area contributed by atoms with Crippen LogP contribution in [0.25, 0.3) is 17.4 Å². The molecule has 1 atom stereocenters. The smallest absolute Gasteiger partial charge is 0.326 e. The van der Waals surface area contributed by atoms with Crippen LogP contribution in [0, 0.1) is 10.1 Å². The first-order valence-corrected chi connectivity index (χ1v) is 8.85. The first kappa shape index (κ1) is 18.8. The van der Waals surface area contributed by atoms with Gasteiger partial charge in [0.1, 0.15) is 21.9 Å². The molecule has 10 heteroatoms. The highest BCUT2D eigenvalue weighted by Gasteiger charge is 2.38. The highest BCUT2D eigenvalue weighted by Crippen LogP contribution is 2.36. The van der Waals surface area contributed by atoms with Gasteiger partial charge >= 0.3 is 5.97 Å². The number of amides is 1. The number of nitrogens with zero attached hydrogens (tertiary/aromatic N) is 2. The number of para-hydroxylation sites is 1. The highest BCUT2D eigenvalue weighted by molar-refractivity contribution is 8.26. The molecular formula is C17H12N2O6S2. The summed E-state index contributed by atoms with van der Waals surface area (Å²) in [5.74, 6) is -1.11. The van der Waals surface area contributed by atoms with E-state index in [0.29, 0.717) is 11.3 Å². The monoisotopic (exact) mass is 404 g/mol. The van der Waals surface area contributed by atoms with Crippen molar-refractivity contribution in [3.63, 3.8) is 0 Å². The third-order valence-corrected chi connectivity index (χ3v) is 5.16. The number of rotatable bonds is 5. The summed E-state index contributed by atoms with van der Waals surface area (Å²) < 4.78 is 5.77. The minimum atomic E-state index is -1.16. The number of furan rings is 1. The number of hydrogen-bond acceptors (Lipinski definition) is 7. The van der Waals surface area contributed by atoms with Crippen LogP contribution in [0.4, 0.5) is 5.69 Å². The average molecular weight is 404 g/mol. The molecule has 0 bridgehead atoms. The van der Waals surface area contributed by atoms with Crippen LogP contribution < -0.4 is 0 Å². The van der Waals surface area contributed by atoms with Gasteiger partial charge in [-0.05, 0) is 25.1 Å². The lowest BCUT2D eigenvalue weighted by Gasteiger charge is -2.18. The number of carboxylic acids is 1. The number of nitro groups is 1. The molecule has 2 heterocycles. The second-order valence-electron chi connectivity index (χ2n) is 5.54. The lowest BCUT2D eigenvalue weighted by atomic mass is 10.1. The quantitative estimate of drug-likeness (QED) is 0.348. The van der Waals surface area contributed by atoms with Crippen LogP contribution in [0.15, 0.2) is 45.7 Å². The molecular weight excluding hydrogens is 392 g/mol. The van der Waals surface area contributed by atoms with Crippen LogP contribution in [0.3, 0.4) is 0 Å². The number of thiocarbonyl (C=S) groups is 1. The van der Waals surface area contributed by atoms with Crippen molar-refractivity contribution in [2.24, 2.45) is 0 Å². The molecule has 1 aliphatic rings. The van der Waals surface area contributed by atoms with Gasteiger partial charge in [-0.3, -0.25) is 19.8 Å². The molecule has 2 aromatic rings. The van der Waals surface area contributed by atoms with E-state index in [9.17, 15) is 19.7 Å². The minimum absolute atomic E-state index is 0.0972. The van der Waals surface area contributed by atoms with Crippen molar-refractivity contribution in [3.8, 4) is 11.3 Å². The van der Waals surface area contributed by atoms with Crippen LogP contribution in [-0.4, -0.2) is 37.2 Å². The van der Waals surface area contributed by atoms with Crippen molar-refractivity contribution < 1.29 is 24.0 Å². The zero-order valence-electron chi connectivity index (χ0n) is 13.8.